The number of hydrogen-bond acceptors (Lipinski definition) is 4. The molecular weight excluding hydrogens is 369 g/mol. The highest BCUT2D eigenvalue weighted by Gasteiger charge is 2.18. The lowest BCUT2D eigenvalue weighted by molar-refractivity contribution is 0.105. The molecule has 0 fully saturated rings. The zero-order chi connectivity index (χ0) is 17.9. The highest BCUT2D eigenvalue weighted by molar-refractivity contribution is 7.99. The van der Waals surface area contributed by atoms with Gasteiger partial charge in [-0.05, 0) is 31.0 Å². The average Bonchev–Trinajstić information content (AvgIpc) is 2.79. The molecule has 130 valence electrons. The van der Waals surface area contributed by atoms with Crippen molar-refractivity contribution < 1.29 is 9.53 Å². The van der Waals surface area contributed by atoms with E-state index >= 15 is 0 Å². The number of hydrogen-bond donors (Lipinski definition) is 1. The number of carbonyl (C=O) groups excluding carboxylic acids is 1. The zero-order valence-corrected chi connectivity index (χ0v) is 16.0. The van der Waals surface area contributed by atoms with Crippen LogP contribution in [-0.2, 0) is 11.3 Å². The van der Waals surface area contributed by atoms with E-state index in [0.29, 0.717) is 16.6 Å². The molecule has 0 saturated carbocycles. The van der Waals surface area contributed by atoms with Crippen molar-refractivity contribution >= 4 is 41.1 Å². The van der Waals surface area contributed by atoms with Crippen LogP contribution in [0.5, 0.6) is 0 Å². The molecule has 1 aromatic carbocycles. The van der Waals surface area contributed by atoms with Crippen LogP contribution in [0.4, 0.5) is 4.79 Å². The smallest absolute Gasteiger partial charge is 0.404 e. The number of ether oxygens (including phenoxy) is 1. The van der Waals surface area contributed by atoms with Crippen molar-refractivity contribution in [2.45, 2.75) is 49.3 Å². The molecule has 5 nitrogen and oxygen atoms in total. The maximum atomic E-state index is 10.9. The van der Waals surface area contributed by atoms with Gasteiger partial charge in [-0.25, -0.2) is 9.78 Å². The molecule has 0 spiro atoms. The largest absolute Gasteiger partial charge is 0.445 e. The van der Waals surface area contributed by atoms with Gasteiger partial charge in [0, 0.05) is 14.9 Å². The molecule has 0 bridgehead atoms. The number of nitrogens with zero attached hydrogens (tertiary/aromatic N) is 2. The van der Waals surface area contributed by atoms with Gasteiger partial charge < -0.3 is 15.0 Å². The molecule has 2 rings (SSSR count). The number of aromatic nitrogens is 2. The number of benzene rings is 1. The fourth-order valence-corrected chi connectivity index (χ4v) is 4.12. The van der Waals surface area contributed by atoms with Gasteiger partial charge >= 0.3 is 6.09 Å². The summed E-state index contributed by atoms with van der Waals surface area (Å²) in [4.78, 5) is 16.3. The van der Waals surface area contributed by atoms with Gasteiger partial charge in [0.2, 0.25) is 0 Å². The van der Waals surface area contributed by atoms with Gasteiger partial charge in [-0.15, -0.1) is 0 Å². The molecule has 1 aromatic heterocycles. The van der Waals surface area contributed by atoms with Crippen molar-refractivity contribution in [2.75, 3.05) is 0 Å². The molecule has 0 aliphatic heterocycles. The van der Waals surface area contributed by atoms with E-state index in [4.69, 9.17) is 33.7 Å². The fourth-order valence-electron chi connectivity index (χ4n) is 2.24. The number of imidazole rings is 1. The number of rotatable bonds is 6. The van der Waals surface area contributed by atoms with Crippen molar-refractivity contribution in [3.63, 3.8) is 0 Å². The van der Waals surface area contributed by atoms with Crippen LogP contribution in [0.15, 0.2) is 34.4 Å². The molecule has 1 atom stereocenters. The van der Waals surface area contributed by atoms with Crippen molar-refractivity contribution in [3.8, 4) is 0 Å². The summed E-state index contributed by atoms with van der Waals surface area (Å²) in [6.07, 6.45) is 0.589. The summed E-state index contributed by atoms with van der Waals surface area (Å²) in [5, 5.41) is 2.11. The van der Waals surface area contributed by atoms with Crippen LogP contribution in [0.1, 0.15) is 32.4 Å². The molecule has 2 aromatic rings. The van der Waals surface area contributed by atoms with Crippen LogP contribution >= 0.6 is 35.0 Å². The van der Waals surface area contributed by atoms with Crippen molar-refractivity contribution in [3.05, 3.63) is 40.3 Å². The first-order valence-electron chi connectivity index (χ1n) is 7.41. The summed E-state index contributed by atoms with van der Waals surface area (Å²) in [6, 6.07) is 5.39. The van der Waals surface area contributed by atoms with Gasteiger partial charge in [0.05, 0.1) is 18.6 Å². The summed E-state index contributed by atoms with van der Waals surface area (Å²) >= 11 is 13.7. The van der Waals surface area contributed by atoms with Gasteiger partial charge in [0.15, 0.2) is 0 Å². The Kier molecular flexibility index (Phi) is 6.43. The van der Waals surface area contributed by atoms with Crippen molar-refractivity contribution in [1.82, 2.24) is 9.55 Å². The SMILES string of the molecule is CC(Cn1cnc(C(C)C)c1Sc1cc(Cl)cc(Cl)c1)OC(N)=O. The summed E-state index contributed by atoms with van der Waals surface area (Å²) in [7, 11) is 0. The van der Waals surface area contributed by atoms with Crippen molar-refractivity contribution in [2.24, 2.45) is 5.73 Å². The van der Waals surface area contributed by atoms with Crippen LogP contribution in [0, 0.1) is 0 Å². The molecule has 0 saturated heterocycles. The van der Waals surface area contributed by atoms with E-state index < -0.39 is 6.09 Å². The predicted octanol–water partition coefficient (Wildman–Crippen LogP) is 4.95. The molecule has 1 heterocycles. The lowest BCUT2D eigenvalue weighted by Gasteiger charge is -2.15. The highest BCUT2D eigenvalue weighted by Crippen LogP contribution is 2.36. The first kappa shape index (κ1) is 19.0. The normalized spacial score (nSPS) is 12.4. The van der Waals surface area contributed by atoms with E-state index in [1.54, 1.807) is 19.3 Å². The standard InChI is InChI=1S/C16H19Cl2N3O2S/c1-9(2)14-15(24-13-5-11(17)4-12(18)6-13)21(8-20-14)7-10(3)23-16(19)22/h4-6,8-10H,7H2,1-3H3,(H2,19,22). The van der Waals surface area contributed by atoms with Gasteiger partial charge in [-0.2, -0.15) is 0 Å². The summed E-state index contributed by atoms with van der Waals surface area (Å²) in [5.41, 5.74) is 6.04. The molecule has 0 aliphatic carbocycles. The highest BCUT2D eigenvalue weighted by atomic mass is 35.5. The second-order valence-electron chi connectivity index (χ2n) is 5.70. The molecule has 8 heteroatoms. The third-order valence-corrected chi connectivity index (χ3v) is 4.73. The van der Waals surface area contributed by atoms with Gasteiger partial charge in [-0.3, -0.25) is 0 Å². The molecule has 24 heavy (non-hydrogen) atoms. The van der Waals surface area contributed by atoms with Crippen molar-refractivity contribution in [1.29, 1.82) is 0 Å². The Bertz CT molecular complexity index is 714. The van der Waals surface area contributed by atoms with Crippen LogP contribution < -0.4 is 5.73 Å². The van der Waals surface area contributed by atoms with Crippen LogP contribution in [-0.4, -0.2) is 21.7 Å². The minimum atomic E-state index is -0.789. The third kappa shape index (κ3) is 5.06. The monoisotopic (exact) mass is 387 g/mol. The molecule has 0 aliphatic rings. The Morgan fingerprint density at radius 3 is 2.46 bits per heavy atom. The minimum absolute atomic E-state index is 0.246. The summed E-state index contributed by atoms with van der Waals surface area (Å²) in [5.74, 6) is 0.246. The van der Waals surface area contributed by atoms with Gasteiger partial charge in [-0.1, -0.05) is 48.8 Å². The van der Waals surface area contributed by atoms with E-state index in [2.05, 4.69) is 18.8 Å². The molecule has 1 unspecified atom stereocenters. The van der Waals surface area contributed by atoms with E-state index in [-0.39, 0.29) is 12.0 Å². The quantitative estimate of drug-likeness (QED) is 0.760. The Morgan fingerprint density at radius 2 is 1.92 bits per heavy atom. The number of primary amides is 1. The predicted molar refractivity (Wildman–Crippen MR) is 97.0 cm³/mol. The minimum Gasteiger partial charge on any atom is -0.445 e. The van der Waals surface area contributed by atoms with E-state index in [0.717, 1.165) is 15.6 Å². The first-order valence-corrected chi connectivity index (χ1v) is 8.98. The zero-order valence-electron chi connectivity index (χ0n) is 13.6. The third-order valence-electron chi connectivity index (χ3n) is 3.18. The van der Waals surface area contributed by atoms with E-state index in [1.807, 2.05) is 16.7 Å². The second kappa shape index (κ2) is 8.14. The van der Waals surface area contributed by atoms with E-state index in [1.165, 1.54) is 11.8 Å². The van der Waals surface area contributed by atoms with E-state index in [9.17, 15) is 4.79 Å². The Morgan fingerprint density at radius 1 is 1.29 bits per heavy atom. The average molecular weight is 388 g/mol. The Hall–Kier alpha value is -1.37. The Labute approximate surface area is 155 Å². The number of halogens is 2. The lowest BCUT2D eigenvalue weighted by atomic mass is 10.1. The summed E-state index contributed by atoms with van der Waals surface area (Å²) in [6.45, 7) is 6.39. The maximum absolute atomic E-state index is 10.9. The first-order chi connectivity index (χ1) is 11.3. The van der Waals surface area contributed by atoms with Gasteiger partial charge in [0.1, 0.15) is 11.1 Å². The Balaban J connectivity index is 2.31. The number of carbonyl (C=O) groups is 1. The lowest BCUT2D eigenvalue weighted by Crippen LogP contribution is -2.24. The molecular formula is C16H19Cl2N3O2S. The van der Waals surface area contributed by atoms with Crippen LogP contribution in [0.2, 0.25) is 10.0 Å². The molecule has 2 N–H and O–H groups in total. The van der Waals surface area contributed by atoms with Crippen LogP contribution in [0.25, 0.3) is 0 Å². The van der Waals surface area contributed by atoms with Gasteiger partial charge in [0.25, 0.3) is 0 Å². The fraction of sp³-hybridized carbons (Fsp3) is 0.375. The number of amides is 1. The molecule has 1 amide bonds. The second-order valence-corrected chi connectivity index (χ2v) is 7.63. The summed E-state index contributed by atoms with van der Waals surface area (Å²) < 4.78 is 6.95. The number of nitrogens with two attached hydrogens (primary N) is 1. The molecule has 0 radical (unpaired) electrons. The topological polar surface area (TPSA) is 70.1 Å². The van der Waals surface area contributed by atoms with Crippen LogP contribution in [0.3, 0.4) is 0 Å². The maximum Gasteiger partial charge on any atom is 0.404 e.